The number of aromatic nitrogens is 4. The van der Waals surface area contributed by atoms with Crippen LogP contribution in [-0.4, -0.2) is 25.8 Å². The standard InChI is InChI=1S/C12H15N5O2/c18-11(6-17-8-13-7-14-17)15-12-5-10(16-19-12)9-3-1-2-4-9/h5,7-9H,1-4,6H2,(H,15,18). The highest BCUT2D eigenvalue weighted by atomic mass is 16.5. The summed E-state index contributed by atoms with van der Waals surface area (Å²) in [7, 11) is 0. The maximum Gasteiger partial charge on any atom is 0.248 e. The van der Waals surface area contributed by atoms with E-state index in [1.807, 2.05) is 6.07 Å². The maximum atomic E-state index is 11.7. The smallest absolute Gasteiger partial charge is 0.248 e. The summed E-state index contributed by atoms with van der Waals surface area (Å²) in [5.41, 5.74) is 0.938. The van der Waals surface area contributed by atoms with E-state index in [0.29, 0.717) is 11.8 Å². The van der Waals surface area contributed by atoms with Crippen LogP contribution in [0.1, 0.15) is 37.3 Å². The summed E-state index contributed by atoms with van der Waals surface area (Å²) in [5.74, 6) is 0.663. The summed E-state index contributed by atoms with van der Waals surface area (Å²) in [5, 5.41) is 10.6. The van der Waals surface area contributed by atoms with Gasteiger partial charge in [0, 0.05) is 12.0 Å². The highest BCUT2D eigenvalue weighted by molar-refractivity contribution is 5.89. The molecule has 0 aromatic carbocycles. The Hall–Kier alpha value is -2.18. The van der Waals surface area contributed by atoms with Crippen LogP contribution in [0.25, 0.3) is 0 Å². The zero-order chi connectivity index (χ0) is 13.1. The lowest BCUT2D eigenvalue weighted by Crippen LogP contribution is -2.18. The van der Waals surface area contributed by atoms with Crippen LogP contribution < -0.4 is 5.32 Å². The van der Waals surface area contributed by atoms with Crippen molar-refractivity contribution >= 4 is 11.8 Å². The molecule has 0 unspecified atom stereocenters. The molecule has 0 saturated heterocycles. The summed E-state index contributed by atoms with van der Waals surface area (Å²) >= 11 is 0. The van der Waals surface area contributed by atoms with Gasteiger partial charge in [0.1, 0.15) is 19.2 Å². The van der Waals surface area contributed by atoms with Crippen LogP contribution >= 0.6 is 0 Å². The second-order valence-electron chi connectivity index (χ2n) is 4.74. The molecule has 1 amide bonds. The number of carbonyl (C=O) groups excluding carboxylic acids is 1. The van der Waals surface area contributed by atoms with Crippen molar-refractivity contribution in [2.24, 2.45) is 0 Å². The van der Waals surface area contributed by atoms with Crippen molar-refractivity contribution in [3.05, 3.63) is 24.4 Å². The average Bonchev–Trinajstić information content (AvgIpc) is 3.09. The largest absolute Gasteiger partial charge is 0.338 e. The molecule has 1 fully saturated rings. The summed E-state index contributed by atoms with van der Waals surface area (Å²) in [4.78, 5) is 15.5. The predicted octanol–water partition coefficient (Wildman–Crippen LogP) is 1.56. The Morgan fingerprint density at radius 3 is 3.05 bits per heavy atom. The summed E-state index contributed by atoms with van der Waals surface area (Å²) in [6.45, 7) is 0.111. The lowest BCUT2D eigenvalue weighted by molar-refractivity contribution is -0.117. The van der Waals surface area contributed by atoms with Gasteiger partial charge in [0.25, 0.3) is 0 Å². The van der Waals surface area contributed by atoms with Crippen LogP contribution in [0.5, 0.6) is 0 Å². The molecule has 7 heteroatoms. The Morgan fingerprint density at radius 1 is 1.47 bits per heavy atom. The first-order chi connectivity index (χ1) is 9.31. The van der Waals surface area contributed by atoms with Gasteiger partial charge in [-0.25, -0.2) is 9.67 Å². The normalized spacial score (nSPS) is 15.8. The van der Waals surface area contributed by atoms with Crippen LogP contribution in [0.15, 0.2) is 23.2 Å². The van der Waals surface area contributed by atoms with Crippen molar-refractivity contribution in [2.45, 2.75) is 38.1 Å². The van der Waals surface area contributed by atoms with Crippen LogP contribution in [-0.2, 0) is 11.3 Å². The summed E-state index contributed by atoms with van der Waals surface area (Å²) < 4.78 is 6.59. The van der Waals surface area contributed by atoms with Gasteiger partial charge in [-0.2, -0.15) is 5.10 Å². The van der Waals surface area contributed by atoms with Gasteiger partial charge in [0.05, 0.1) is 5.69 Å². The van der Waals surface area contributed by atoms with E-state index in [9.17, 15) is 4.79 Å². The molecule has 1 aliphatic rings. The quantitative estimate of drug-likeness (QED) is 0.902. The number of nitrogens with zero attached hydrogens (tertiary/aromatic N) is 4. The fourth-order valence-corrected chi connectivity index (χ4v) is 2.40. The molecule has 0 spiro atoms. The summed E-state index contributed by atoms with van der Waals surface area (Å²) in [6.07, 6.45) is 7.67. The molecular formula is C12H15N5O2. The zero-order valence-corrected chi connectivity index (χ0v) is 10.5. The van der Waals surface area contributed by atoms with Gasteiger partial charge in [-0.05, 0) is 12.8 Å². The number of hydrogen-bond acceptors (Lipinski definition) is 5. The van der Waals surface area contributed by atoms with E-state index in [1.54, 1.807) is 0 Å². The third-order valence-corrected chi connectivity index (χ3v) is 3.34. The van der Waals surface area contributed by atoms with Crippen molar-refractivity contribution in [1.82, 2.24) is 19.9 Å². The Morgan fingerprint density at radius 2 is 2.32 bits per heavy atom. The first kappa shape index (κ1) is 11.9. The highest BCUT2D eigenvalue weighted by Crippen LogP contribution is 2.34. The monoisotopic (exact) mass is 261 g/mol. The van der Waals surface area contributed by atoms with E-state index in [1.165, 1.54) is 30.2 Å². The minimum atomic E-state index is -0.209. The zero-order valence-electron chi connectivity index (χ0n) is 10.5. The van der Waals surface area contributed by atoms with Gasteiger partial charge < -0.3 is 4.52 Å². The number of anilines is 1. The molecule has 3 rings (SSSR count). The minimum absolute atomic E-state index is 0.111. The third-order valence-electron chi connectivity index (χ3n) is 3.34. The van der Waals surface area contributed by atoms with E-state index in [4.69, 9.17) is 4.52 Å². The Bertz CT molecular complexity index is 542. The van der Waals surface area contributed by atoms with E-state index >= 15 is 0 Å². The topological polar surface area (TPSA) is 85.8 Å². The van der Waals surface area contributed by atoms with E-state index in [2.05, 4.69) is 20.6 Å². The average molecular weight is 261 g/mol. The molecule has 19 heavy (non-hydrogen) atoms. The van der Waals surface area contributed by atoms with E-state index < -0.39 is 0 Å². The van der Waals surface area contributed by atoms with Gasteiger partial charge in [0.15, 0.2) is 0 Å². The maximum absolute atomic E-state index is 11.7. The first-order valence-electron chi connectivity index (χ1n) is 6.40. The Balaban J connectivity index is 1.59. The number of hydrogen-bond donors (Lipinski definition) is 1. The lowest BCUT2D eigenvalue weighted by atomic mass is 10.0. The molecule has 0 radical (unpaired) electrons. The van der Waals surface area contributed by atoms with Crippen molar-refractivity contribution in [3.8, 4) is 0 Å². The van der Waals surface area contributed by atoms with Crippen LogP contribution in [0.4, 0.5) is 5.88 Å². The molecule has 1 saturated carbocycles. The lowest BCUT2D eigenvalue weighted by Gasteiger charge is -2.01. The van der Waals surface area contributed by atoms with Gasteiger partial charge in [-0.15, -0.1) is 0 Å². The second kappa shape index (κ2) is 5.21. The molecule has 100 valence electrons. The molecule has 1 N–H and O–H groups in total. The number of amides is 1. The third kappa shape index (κ3) is 2.81. The van der Waals surface area contributed by atoms with Crippen molar-refractivity contribution in [1.29, 1.82) is 0 Å². The van der Waals surface area contributed by atoms with E-state index in [-0.39, 0.29) is 12.5 Å². The second-order valence-corrected chi connectivity index (χ2v) is 4.74. The molecule has 2 heterocycles. The molecule has 0 bridgehead atoms. The SMILES string of the molecule is O=C(Cn1cncn1)Nc1cc(C2CCCC2)no1. The van der Waals surface area contributed by atoms with Crippen LogP contribution in [0, 0.1) is 0 Å². The molecular weight excluding hydrogens is 246 g/mol. The van der Waals surface area contributed by atoms with Crippen molar-refractivity contribution in [3.63, 3.8) is 0 Å². The van der Waals surface area contributed by atoms with Gasteiger partial charge >= 0.3 is 0 Å². The molecule has 1 aliphatic carbocycles. The van der Waals surface area contributed by atoms with Crippen molar-refractivity contribution in [2.75, 3.05) is 5.32 Å². The molecule has 2 aromatic rings. The highest BCUT2D eigenvalue weighted by Gasteiger charge is 2.21. The van der Waals surface area contributed by atoms with Gasteiger partial charge in [0.2, 0.25) is 11.8 Å². The number of rotatable bonds is 4. The fourth-order valence-electron chi connectivity index (χ4n) is 2.40. The van der Waals surface area contributed by atoms with Crippen molar-refractivity contribution < 1.29 is 9.32 Å². The first-order valence-corrected chi connectivity index (χ1v) is 6.40. The Kier molecular flexibility index (Phi) is 3.26. The van der Waals surface area contributed by atoms with E-state index in [0.717, 1.165) is 18.5 Å². The predicted molar refractivity (Wildman–Crippen MR) is 66.4 cm³/mol. The van der Waals surface area contributed by atoms with Crippen LogP contribution in [0.2, 0.25) is 0 Å². The van der Waals surface area contributed by atoms with Gasteiger partial charge in [-0.3, -0.25) is 10.1 Å². The molecule has 2 aromatic heterocycles. The minimum Gasteiger partial charge on any atom is -0.338 e. The molecule has 0 atom stereocenters. The van der Waals surface area contributed by atoms with Gasteiger partial charge in [-0.1, -0.05) is 18.0 Å². The molecule has 0 aliphatic heterocycles. The summed E-state index contributed by atoms with van der Waals surface area (Å²) in [6, 6.07) is 1.81. The fraction of sp³-hybridized carbons (Fsp3) is 0.500. The number of nitrogens with one attached hydrogen (secondary N) is 1. The Labute approximate surface area is 110 Å². The molecule has 7 nitrogen and oxygen atoms in total. The number of carbonyl (C=O) groups is 1. The van der Waals surface area contributed by atoms with Crippen LogP contribution in [0.3, 0.4) is 0 Å².